The smallest absolute Gasteiger partial charge is 0.238 e. The number of H-pyrrole nitrogens is 1. The molecule has 7 rings (SSSR count). The molecule has 0 radical (unpaired) electrons. The Morgan fingerprint density at radius 2 is 1.84 bits per heavy atom. The van der Waals surface area contributed by atoms with Crippen molar-refractivity contribution >= 4 is 40.5 Å². The number of anilines is 2. The first-order valence-electron chi connectivity index (χ1n) is 13.0. The molecule has 186 valence electrons. The molecule has 0 bridgehead atoms. The number of amides is 1. The van der Waals surface area contributed by atoms with Gasteiger partial charge in [-0.2, -0.15) is 5.10 Å². The summed E-state index contributed by atoms with van der Waals surface area (Å²) in [6.07, 6.45) is 6.88. The number of rotatable bonds is 4. The van der Waals surface area contributed by atoms with Gasteiger partial charge in [0.05, 0.1) is 16.6 Å². The number of para-hydroxylation sites is 1. The monoisotopic (exact) mass is 490 g/mol. The van der Waals surface area contributed by atoms with Gasteiger partial charge in [-0.05, 0) is 60.5 Å². The van der Waals surface area contributed by atoms with Gasteiger partial charge in [0, 0.05) is 56.4 Å². The van der Waals surface area contributed by atoms with Crippen LogP contribution < -0.4 is 9.80 Å². The van der Waals surface area contributed by atoms with E-state index in [-0.39, 0.29) is 11.8 Å². The average Bonchev–Trinajstić information content (AvgIpc) is 3.51. The molecular formula is C30H30N6O. The van der Waals surface area contributed by atoms with E-state index in [9.17, 15) is 4.79 Å². The zero-order valence-electron chi connectivity index (χ0n) is 21.2. The largest absolute Gasteiger partial charge is 0.354 e. The lowest BCUT2D eigenvalue weighted by Crippen LogP contribution is -2.44. The van der Waals surface area contributed by atoms with Crippen LogP contribution in [0.25, 0.3) is 23.1 Å². The molecule has 1 aliphatic carbocycles. The number of aromatic amines is 1. The Morgan fingerprint density at radius 3 is 2.65 bits per heavy atom. The highest BCUT2D eigenvalue weighted by molar-refractivity contribution is 6.11. The number of pyridine rings is 1. The van der Waals surface area contributed by atoms with Crippen molar-refractivity contribution in [2.24, 2.45) is 0 Å². The fourth-order valence-corrected chi connectivity index (χ4v) is 6.16. The lowest BCUT2D eigenvalue weighted by Gasteiger charge is -2.33. The maximum atomic E-state index is 13.2. The topological polar surface area (TPSA) is 68.4 Å². The predicted molar refractivity (Wildman–Crippen MR) is 148 cm³/mol. The number of carbonyl (C=O) groups is 1. The Balaban J connectivity index is 1.10. The first-order valence-corrected chi connectivity index (χ1v) is 13.0. The summed E-state index contributed by atoms with van der Waals surface area (Å²) < 4.78 is 0. The quantitative estimate of drug-likeness (QED) is 0.463. The molecule has 4 aromatic rings. The fraction of sp³-hybridized carbons (Fsp3) is 0.300. The van der Waals surface area contributed by atoms with E-state index >= 15 is 0 Å². The minimum atomic E-state index is -0.412. The highest BCUT2D eigenvalue weighted by Gasteiger charge is 2.66. The molecule has 1 N–H and O–H groups in total. The van der Waals surface area contributed by atoms with Gasteiger partial charge in [0.1, 0.15) is 5.82 Å². The van der Waals surface area contributed by atoms with Gasteiger partial charge in [0.25, 0.3) is 0 Å². The number of hydrogen-bond donors (Lipinski definition) is 1. The summed E-state index contributed by atoms with van der Waals surface area (Å²) in [4.78, 5) is 24.4. The van der Waals surface area contributed by atoms with Crippen LogP contribution in [0.1, 0.15) is 34.7 Å². The molecule has 1 saturated carbocycles. The number of benzene rings is 2. The predicted octanol–water partition coefficient (Wildman–Crippen LogP) is 4.28. The second-order valence-electron chi connectivity index (χ2n) is 10.6. The number of carbonyl (C=O) groups excluding carboxylic acids is 1. The van der Waals surface area contributed by atoms with Crippen LogP contribution in [0.15, 0.2) is 60.8 Å². The van der Waals surface area contributed by atoms with Gasteiger partial charge in [0.15, 0.2) is 0 Å². The Labute approximate surface area is 216 Å². The van der Waals surface area contributed by atoms with Crippen LogP contribution in [0.3, 0.4) is 0 Å². The normalized spacial score (nSPS) is 23.5. The van der Waals surface area contributed by atoms with Crippen LogP contribution in [0.5, 0.6) is 0 Å². The average molecular weight is 491 g/mol. The Kier molecular flexibility index (Phi) is 4.98. The molecule has 1 spiro atoms. The van der Waals surface area contributed by atoms with Gasteiger partial charge >= 0.3 is 0 Å². The Bertz CT molecular complexity index is 1530. The fourth-order valence-electron chi connectivity index (χ4n) is 6.16. The molecule has 2 atom stereocenters. The van der Waals surface area contributed by atoms with E-state index < -0.39 is 5.41 Å². The molecule has 0 unspecified atom stereocenters. The summed E-state index contributed by atoms with van der Waals surface area (Å²) in [5.41, 5.74) is 5.92. The molecule has 3 aliphatic rings. The number of likely N-dealkylation sites (N-methyl/N-ethyl adjacent to an activating group) is 2. The number of aromatic nitrogens is 3. The summed E-state index contributed by atoms with van der Waals surface area (Å²) in [6, 6.07) is 18.9. The molecule has 2 aromatic heterocycles. The molecule has 37 heavy (non-hydrogen) atoms. The minimum Gasteiger partial charge on any atom is -0.354 e. The van der Waals surface area contributed by atoms with Crippen LogP contribution in [0.2, 0.25) is 0 Å². The SMILES string of the molecule is CN1CCN(c2ccc(C=Cc3n[nH]c4cc([C@@H]5C[C@@]56C(=O)N(C)c5ccccc56)ccc34)cn2)CC1. The minimum absolute atomic E-state index is 0.197. The van der Waals surface area contributed by atoms with Crippen molar-refractivity contribution in [1.82, 2.24) is 20.1 Å². The number of nitrogens with zero attached hydrogens (tertiary/aromatic N) is 5. The standard InChI is InChI=1S/C30H30N6O/c1-34-13-15-36(16-14-34)28-12-8-20(19-31-28)7-11-25-22-10-9-21(17-26(22)33-32-25)24-18-30(24)23-5-3-4-6-27(23)35(2)29(30)37/h3-12,17,19,24H,13-16,18H2,1-2H3,(H,32,33)/t24-,30-/m0/s1. The lowest BCUT2D eigenvalue weighted by atomic mass is 9.92. The van der Waals surface area contributed by atoms with Crippen molar-refractivity contribution in [3.8, 4) is 0 Å². The molecule has 2 fully saturated rings. The molecule has 2 aliphatic heterocycles. The van der Waals surface area contributed by atoms with E-state index in [1.54, 1.807) is 0 Å². The molecule has 1 amide bonds. The van der Waals surface area contributed by atoms with Crippen LogP contribution in [0, 0.1) is 0 Å². The molecule has 7 nitrogen and oxygen atoms in total. The summed E-state index contributed by atoms with van der Waals surface area (Å²) in [6.45, 7) is 4.16. The molecule has 7 heteroatoms. The zero-order chi connectivity index (χ0) is 25.1. The van der Waals surface area contributed by atoms with Gasteiger partial charge in [-0.15, -0.1) is 0 Å². The highest BCUT2D eigenvalue weighted by Crippen LogP contribution is 2.66. The lowest BCUT2D eigenvalue weighted by molar-refractivity contribution is -0.120. The summed E-state index contributed by atoms with van der Waals surface area (Å²) in [5.74, 6) is 1.44. The number of hydrogen-bond acceptors (Lipinski definition) is 5. The van der Waals surface area contributed by atoms with Crippen molar-refractivity contribution in [2.75, 3.05) is 50.1 Å². The van der Waals surface area contributed by atoms with Crippen LogP contribution in [-0.4, -0.2) is 66.3 Å². The number of fused-ring (bicyclic) bond motifs is 3. The summed E-state index contributed by atoms with van der Waals surface area (Å²) >= 11 is 0. The van der Waals surface area contributed by atoms with E-state index in [0.717, 1.165) is 71.8 Å². The van der Waals surface area contributed by atoms with Crippen LogP contribution in [-0.2, 0) is 10.2 Å². The molecule has 4 heterocycles. The van der Waals surface area contributed by atoms with Crippen molar-refractivity contribution in [1.29, 1.82) is 0 Å². The molecule has 1 saturated heterocycles. The maximum absolute atomic E-state index is 13.2. The van der Waals surface area contributed by atoms with E-state index in [4.69, 9.17) is 0 Å². The summed E-state index contributed by atoms with van der Waals surface area (Å²) in [5, 5.41) is 8.84. The van der Waals surface area contributed by atoms with Crippen molar-refractivity contribution in [2.45, 2.75) is 17.8 Å². The second kappa shape index (κ2) is 8.28. The third-order valence-electron chi connectivity index (χ3n) is 8.44. The van der Waals surface area contributed by atoms with Crippen LogP contribution in [0.4, 0.5) is 11.5 Å². The second-order valence-corrected chi connectivity index (χ2v) is 10.6. The van der Waals surface area contributed by atoms with Gasteiger partial charge in [-0.25, -0.2) is 4.98 Å². The number of nitrogens with one attached hydrogen (secondary N) is 1. The van der Waals surface area contributed by atoms with Crippen LogP contribution >= 0.6 is 0 Å². The van der Waals surface area contributed by atoms with Gasteiger partial charge in [-0.3, -0.25) is 9.89 Å². The van der Waals surface area contributed by atoms with Gasteiger partial charge < -0.3 is 14.7 Å². The first-order chi connectivity index (χ1) is 18.0. The third kappa shape index (κ3) is 3.49. The van der Waals surface area contributed by atoms with Crippen molar-refractivity contribution in [3.63, 3.8) is 0 Å². The number of piperazine rings is 1. The maximum Gasteiger partial charge on any atom is 0.238 e. The zero-order valence-corrected chi connectivity index (χ0v) is 21.2. The van der Waals surface area contributed by atoms with Crippen molar-refractivity contribution in [3.05, 3.63) is 83.2 Å². The molecular weight excluding hydrogens is 460 g/mol. The van der Waals surface area contributed by atoms with Crippen molar-refractivity contribution < 1.29 is 4.79 Å². The van der Waals surface area contributed by atoms with E-state index in [1.165, 1.54) is 5.56 Å². The molecule has 2 aromatic carbocycles. The Hall–Kier alpha value is -3.97. The first kappa shape index (κ1) is 22.2. The third-order valence-corrected chi connectivity index (χ3v) is 8.44. The van der Waals surface area contributed by atoms with Gasteiger partial charge in [-0.1, -0.05) is 36.4 Å². The Morgan fingerprint density at radius 1 is 1.00 bits per heavy atom. The van der Waals surface area contributed by atoms with E-state index in [0.29, 0.717) is 0 Å². The van der Waals surface area contributed by atoms with E-state index in [1.807, 2.05) is 42.4 Å². The van der Waals surface area contributed by atoms with E-state index in [2.05, 4.69) is 74.5 Å². The van der Waals surface area contributed by atoms with Gasteiger partial charge in [0.2, 0.25) is 5.91 Å². The summed E-state index contributed by atoms with van der Waals surface area (Å²) in [7, 11) is 4.05. The highest BCUT2D eigenvalue weighted by atomic mass is 16.2.